The van der Waals surface area contributed by atoms with Gasteiger partial charge in [0.2, 0.25) is 0 Å². The molecule has 4 nitrogen and oxygen atoms in total. The maximum Gasteiger partial charge on any atom is 0.309 e. The second-order valence-electron chi connectivity index (χ2n) is 4.55. The first-order chi connectivity index (χ1) is 7.15. The Morgan fingerprint density at radius 2 is 2.33 bits per heavy atom. The number of carbonyl (C=O) groups excluding carboxylic acids is 1. The Hall–Kier alpha value is -0.610. The molecule has 1 heterocycles. The summed E-state index contributed by atoms with van der Waals surface area (Å²) in [5, 5.41) is 0. The Labute approximate surface area is 89.9 Å². The van der Waals surface area contributed by atoms with Crippen LogP contribution in [0.5, 0.6) is 0 Å². The smallest absolute Gasteiger partial charge is 0.309 e. The fraction of sp³-hybridized carbons (Fsp3) is 0.909. The van der Waals surface area contributed by atoms with Gasteiger partial charge in [0.1, 0.15) is 6.61 Å². The molecule has 3 atom stereocenters. The fourth-order valence-corrected chi connectivity index (χ4v) is 2.20. The molecule has 0 amide bonds. The highest BCUT2D eigenvalue weighted by atomic mass is 16.6. The van der Waals surface area contributed by atoms with Crippen molar-refractivity contribution in [2.24, 2.45) is 5.92 Å². The monoisotopic (exact) mass is 214 g/mol. The third-order valence-electron chi connectivity index (χ3n) is 3.39. The van der Waals surface area contributed by atoms with Crippen LogP contribution < -0.4 is 0 Å². The van der Waals surface area contributed by atoms with Crippen LogP contribution in [0.3, 0.4) is 0 Å². The summed E-state index contributed by atoms with van der Waals surface area (Å²) < 4.78 is 15.5. The molecule has 1 aliphatic carbocycles. The van der Waals surface area contributed by atoms with Crippen molar-refractivity contribution in [3.63, 3.8) is 0 Å². The molecule has 0 spiro atoms. The van der Waals surface area contributed by atoms with E-state index in [1.165, 1.54) is 0 Å². The van der Waals surface area contributed by atoms with E-state index < -0.39 is 0 Å². The van der Waals surface area contributed by atoms with Crippen LogP contribution in [-0.2, 0) is 19.0 Å². The first-order valence-corrected chi connectivity index (χ1v) is 5.49. The standard InChI is InChI=1S/C11H18O4/c1-11-4-3-8(7-9(11)15-11)10(12)14-6-5-13-2/h8-9H,3-7H2,1-2H3. The lowest BCUT2D eigenvalue weighted by atomic mass is 9.83. The molecule has 1 aliphatic heterocycles. The second kappa shape index (κ2) is 4.10. The van der Waals surface area contributed by atoms with E-state index in [4.69, 9.17) is 14.2 Å². The highest BCUT2D eigenvalue weighted by Crippen LogP contribution is 2.49. The van der Waals surface area contributed by atoms with Gasteiger partial charge in [-0.25, -0.2) is 0 Å². The Balaban J connectivity index is 1.73. The van der Waals surface area contributed by atoms with Crippen LogP contribution in [0, 0.1) is 5.92 Å². The van der Waals surface area contributed by atoms with E-state index in [9.17, 15) is 4.79 Å². The molecule has 15 heavy (non-hydrogen) atoms. The Morgan fingerprint density at radius 3 is 3.00 bits per heavy atom. The highest BCUT2D eigenvalue weighted by Gasteiger charge is 2.56. The average molecular weight is 214 g/mol. The lowest BCUT2D eigenvalue weighted by Gasteiger charge is -2.20. The number of rotatable bonds is 4. The van der Waals surface area contributed by atoms with E-state index in [0.717, 1.165) is 19.3 Å². The van der Waals surface area contributed by atoms with Crippen molar-refractivity contribution in [3.8, 4) is 0 Å². The topological polar surface area (TPSA) is 48.1 Å². The first-order valence-electron chi connectivity index (χ1n) is 5.49. The van der Waals surface area contributed by atoms with E-state index in [2.05, 4.69) is 6.92 Å². The molecule has 4 heteroatoms. The summed E-state index contributed by atoms with van der Waals surface area (Å²) in [6, 6.07) is 0. The number of hydrogen-bond acceptors (Lipinski definition) is 4. The predicted octanol–water partition coefficient (Wildman–Crippen LogP) is 1.13. The highest BCUT2D eigenvalue weighted by molar-refractivity contribution is 5.72. The first kappa shape index (κ1) is 10.9. The summed E-state index contributed by atoms with van der Waals surface area (Å²) in [4.78, 5) is 11.6. The maximum atomic E-state index is 11.6. The van der Waals surface area contributed by atoms with Crippen LogP contribution in [-0.4, -0.2) is 38.0 Å². The van der Waals surface area contributed by atoms with E-state index in [1.807, 2.05) is 0 Å². The molecule has 2 rings (SSSR count). The number of fused-ring (bicyclic) bond motifs is 1. The third-order valence-corrected chi connectivity index (χ3v) is 3.39. The van der Waals surface area contributed by atoms with Gasteiger partial charge in [-0.2, -0.15) is 0 Å². The van der Waals surface area contributed by atoms with Crippen LogP contribution in [0.1, 0.15) is 26.2 Å². The summed E-state index contributed by atoms with van der Waals surface area (Å²) in [6.07, 6.45) is 2.97. The molecule has 0 N–H and O–H groups in total. The van der Waals surface area contributed by atoms with E-state index in [1.54, 1.807) is 7.11 Å². The number of ether oxygens (including phenoxy) is 3. The molecular weight excluding hydrogens is 196 g/mol. The molecule has 1 saturated carbocycles. The van der Waals surface area contributed by atoms with Gasteiger partial charge in [-0.05, 0) is 26.2 Å². The minimum Gasteiger partial charge on any atom is -0.463 e. The number of epoxide rings is 1. The summed E-state index contributed by atoms with van der Waals surface area (Å²) in [6.45, 7) is 2.94. The Kier molecular flexibility index (Phi) is 2.98. The molecule has 0 aromatic heterocycles. The molecule has 1 saturated heterocycles. The van der Waals surface area contributed by atoms with Gasteiger partial charge in [0.15, 0.2) is 0 Å². The summed E-state index contributed by atoms with van der Waals surface area (Å²) in [7, 11) is 1.60. The van der Waals surface area contributed by atoms with Crippen molar-refractivity contribution in [1.82, 2.24) is 0 Å². The number of methoxy groups -OCH3 is 1. The average Bonchev–Trinajstić information content (AvgIpc) is 2.88. The lowest BCUT2D eigenvalue weighted by Crippen LogP contribution is -2.28. The Bertz CT molecular complexity index is 253. The SMILES string of the molecule is COCCOC(=O)C1CCC2(C)OC2C1. The normalized spacial score (nSPS) is 38.3. The predicted molar refractivity (Wildman–Crippen MR) is 53.5 cm³/mol. The van der Waals surface area contributed by atoms with Crippen molar-refractivity contribution < 1.29 is 19.0 Å². The van der Waals surface area contributed by atoms with Gasteiger partial charge in [-0.3, -0.25) is 4.79 Å². The van der Waals surface area contributed by atoms with Gasteiger partial charge in [-0.1, -0.05) is 0 Å². The van der Waals surface area contributed by atoms with Gasteiger partial charge in [0.25, 0.3) is 0 Å². The van der Waals surface area contributed by atoms with Crippen molar-refractivity contribution in [2.75, 3.05) is 20.3 Å². The Morgan fingerprint density at radius 1 is 1.53 bits per heavy atom. The minimum atomic E-state index is -0.0930. The van der Waals surface area contributed by atoms with E-state index in [-0.39, 0.29) is 23.6 Å². The zero-order chi connectivity index (χ0) is 10.9. The van der Waals surface area contributed by atoms with E-state index >= 15 is 0 Å². The van der Waals surface area contributed by atoms with Crippen molar-refractivity contribution in [1.29, 1.82) is 0 Å². The van der Waals surface area contributed by atoms with Gasteiger partial charge in [0, 0.05) is 7.11 Å². The zero-order valence-electron chi connectivity index (χ0n) is 9.32. The van der Waals surface area contributed by atoms with Crippen LogP contribution >= 0.6 is 0 Å². The largest absolute Gasteiger partial charge is 0.463 e. The second-order valence-corrected chi connectivity index (χ2v) is 4.55. The van der Waals surface area contributed by atoms with Crippen molar-refractivity contribution >= 4 is 5.97 Å². The number of esters is 1. The van der Waals surface area contributed by atoms with Gasteiger partial charge < -0.3 is 14.2 Å². The number of carbonyl (C=O) groups is 1. The zero-order valence-corrected chi connectivity index (χ0v) is 9.32. The van der Waals surface area contributed by atoms with Crippen LogP contribution in [0.15, 0.2) is 0 Å². The molecule has 86 valence electrons. The molecular formula is C11H18O4. The minimum absolute atomic E-state index is 0.0300. The molecule has 2 aliphatic rings. The third kappa shape index (κ3) is 2.32. The molecule has 0 aromatic carbocycles. The van der Waals surface area contributed by atoms with Gasteiger partial charge in [0.05, 0.1) is 24.2 Å². The van der Waals surface area contributed by atoms with Crippen LogP contribution in [0.2, 0.25) is 0 Å². The molecule has 0 bridgehead atoms. The van der Waals surface area contributed by atoms with Gasteiger partial charge >= 0.3 is 5.97 Å². The molecule has 0 radical (unpaired) electrons. The van der Waals surface area contributed by atoms with E-state index in [0.29, 0.717) is 13.2 Å². The summed E-state index contributed by atoms with van der Waals surface area (Å²) >= 11 is 0. The van der Waals surface area contributed by atoms with Gasteiger partial charge in [-0.15, -0.1) is 0 Å². The van der Waals surface area contributed by atoms with Crippen molar-refractivity contribution in [2.45, 2.75) is 37.9 Å². The fourth-order valence-electron chi connectivity index (χ4n) is 2.20. The van der Waals surface area contributed by atoms with Crippen LogP contribution in [0.4, 0.5) is 0 Å². The maximum absolute atomic E-state index is 11.6. The van der Waals surface area contributed by atoms with Crippen molar-refractivity contribution in [3.05, 3.63) is 0 Å². The lowest BCUT2D eigenvalue weighted by molar-refractivity contribution is -0.150. The summed E-state index contributed by atoms with van der Waals surface area (Å²) in [5.41, 5.74) is 0.0727. The number of hydrogen-bond donors (Lipinski definition) is 0. The molecule has 2 fully saturated rings. The molecule has 0 aromatic rings. The summed E-state index contributed by atoms with van der Waals surface area (Å²) in [5.74, 6) is -0.0629. The quantitative estimate of drug-likeness (QED) is 0.400. The van der Waals surface area contributed by atoms with Crippen LogP contribution in [0.25, 0.3) is 0 Å². The molecule has 3 unspecified atom stereocenters.